The van der Waals surface area contributed by atoms with Crippen LogP contribution in [0.25, 0.3) is 0 Å². The minimum Gasteiger partial charge on any atom is -0.477 e. The first-order chi connectivity index (χ1) is 9.93. The topological polar surface area (TPSA) is 98.3 Å². The zero-order valence-electron chi connectivity index (χ0n) is 11.4. The van der Waals surface area contributed by atoms with E-state index in [9.17, 15) is 14.9 Å². The summed E-state index contributed by atoms with van der Waals surface area (Å²) in [7, 11) is 0. The van der Waals surface area contributed by atoms with Crippen molar-refractivity contribution in [1.82, 2.24) is 9.78 Å². The van der Waals surface area contributed by atoms with Crippen molar-refractivity contribution in [2.75, 3.05) is 0 Å². The van der Waals surface area contributed by atoms with Crippen molar-refractivity contribution in [2.45, 2.75) is 36.7 Å². The fourth-order valence-corrected chi connectivity index (χ4v) is 3.80. The molecule has 9 heteroatoms. The molecule has 0 unspecified atom stereocenters. The van der Waals surface area contributed by atoms with E-state index in [2.05, 4.69) is 5.10 Å². The number of aryl methyl sites for hydroxylation is 2. The number of hydrogen-bond acceptors (Lipinski definition) is 6. The van der Waals surface area contributed by atoms with Gasteiger partial charge in [0.1, 0.15) is 10.6 Å². The molecule has 0 bridgehead atoms. The highest BCUT2D eigenvalue weighted by molar-refractivity contribution is 7.99. The predicted molar refractivity (Wildman–Crippen MR) is 79.3 cm³/mol. The summed E-state index contributed by atoms with van der Waals surface area (Å²) in [6, 6.07) is 1.51. The lowest BCUT2D eigenvalue weighted by molar-refractivity contribution is -0.388. The Hall–Kier alpha value is -1.87. The SMILES string of the molecule is CCCn1nc(C)c([N+](=O)[O-])c1Sc1csc(C(=O)O)c1. The van der Waals surface area contributed by atoms with E-state index in [1.807, 2.05) is 6.92 Å². The molecule has 0 aliphatic rings. The van der Waals surface area contributed by atoms with Gasteiger partial charge >= 0.3 is 11.7 Å². The van der Waals surface area contributed by atoms with Gasteiger partial charge in [0.15, 0.2) is 5.03 Å². The van der Waals surface area contributed by atoms with Crippen LogP contribution in [0.5, 0.6) is 0 Å². The summed E-state index contributed by atoms with van der Waals surface area (Å²) >= 11 is 2.27. The first kappa shape index (κ1) is 15.5. The van der Waals surface area contributed by atoms with Crippen molar-refractivity contribution in [3.8, 4) is 0 Å². The molecule has 0 aromatic carbocycles. The van der Waals surface area contributed by atoms with Crippen molar-refractivity contribution < 1.29 is 14.8 Å². The molecular weight excluding hydrogens is 314 g/mol. The molecule has 0 radical (unpaired) electrons. The van der Waals surface area contributed by atoms with Gasteiger partial charge in [-0.15, -0.1) is 11.3 Å². The molecule has 2 aromatic rings. The van der Waals surface area contributed by atoms with E-state index >= 15 is 0 Å². The van der Waals surface area contributed by atoms with Crippen molar-refractivity contribution >= 4 is 34.8 Å². The number of hydrogen-bond donors (Lipinski definition) is 1. The van der Waals surface area contributed by atoms with Crippen LogP contribution < -0.4 is 0 Å². The van der Waals surface area contributed by atoms with Gasteiger partial charge in [-0.05, 0) is 19.4 Å². The molecule has 2 heterocycles. The number of thiophene rings is 1. The lowest BCUT2D eigenvalue weighted by Crippen LogP contribution is -2.01. The van der Waals surface area contributed by atoms with Crippen LogP contribution in [-0.2, 0) is 6.54 Å². The summed E-state index contributed by atoms with van der Waals surface area (Å²) in [5.74, 6) is -1.00. The molecule has 2 rings (SSSR count). The van der Waals surface area contributed by atoms with E-state index in [0.29, 0.717) is 22.2 Å². The number of carboxylic acid groups (broad SMARTS) is 1. The first-order valence-corrected chi connectivity index (χ1v) is 7.85. The third-order valence-corrected chi connectivity index (χ3v) is 4.81. The average molecular weight is 327 g/mol. The second-order valence-electron chi connectivity index (χ2n) is 4.27. The molecule has 0 atom stereocenters. The highest BCUT2D eigenvalue weighted by atomic mass is 32.2. The summed E-state index contributed by atoms with van der Waals surface area (Å²) in [5, 5.41) is 26.5. The lowest BCUT2D eigenvalue weighted by Gasteiger charge is -2.03. The van der Waals surface area contributed by atoms with E-state index in [-0.39, 0.29) is 10.6 Å². The van der Waals surface area contributed by atoms with Crippen LogP contribution in [0.3, 0.4) is 0 Å². The molecule has 7 nitrogen and oxygen atoms in total. The molecule has 0 spiro atoms. The maximum atomic E-state index is 11.2. The van der Waals surface area contributed by atoms with Gasteiger partial charge in [-0.1, -0.05) is 18.7 Å². The van der Waals surface area contributed by atoms with Gasteiger partial charge in [0.2, 0.25) is 0 Å². The fraction of sp³-hybridized carbons (Fsp3) is 0.333. The molecule has 0 saturated carbocycles. The highest BCUT2D eigenvalue weighted by Gasteiger charge is 2.26. The standard InChI is InChI=1S/C12H13N3O4S2/c1-3-4-14-11(10(15(18)19)7(2)13-14)21-8-5-9(12(16)17)20-6-8/h5-6H,3-4H2,1-2H3,(H,16,17). The molecule has 112 valence electrons. The Bertz CT molecular complexity index is 693. The molecule has 0 saturated heterocycles. The molecular formula is C12H13N3O4S2. The van der Waals surface area contributed by atoms with Gasteiger partial charge in [-0.2, -0.15) is 5.10 Å². The molecule has 0 aliphatic carbocycles. The van der Waals surface area contributed by atoms with Crippen LogP contribution in [0, 0.1) is 17.0 Å². The zero-order valence-corrected chi connectivity index (χ0v) is 13.0. The minimum atomic E-state index is -1.00. The van der Waals surface area contributed by atoms with Crippen molar-refractivity contribution in [1.29, 1.82) is 0 Å². The maximum Gasteiger partial charge on any atom is 0.345 e. The van der Waals surface area contributed by atoms with Crippen molar-refractivity contribution in [3.63, 3.8) is 0 Å². The molecule has 1 N–H and O–H groups in total. The molecule has 0 fully saturated rings. The second-order valence-corrected chi connectivity index (χ2v) is 6.25. The zero-order chi connectivity index (χ0) is 15.6. The quantitative estimate of drug-likeness (QED) is 0.645. The summed E-state index contributed by atoms with van der Waals surface area (Å²) < 4.78 is 1.61. The molecule has 2 aromatic heterocycles. The van der Waals surface area contributed by atoms with Crippen LogP contribution in [0.15, 0.2) is 21.4 Å². The van der Waals surface area contributed by atoms with Gasteiger partial charge < -0.3 is 5.11 Å². The first-order valence-electron chi connectivity index (χ1n) is 6.15. The van der Waals surface area contributed by atoms with E-state index in [0.717, 1.165) is 17.8 Å². The molecule has 0 amide bonds. The van der Waals surface area contributed by atoms with E-state index in [1.165, 1.54) is 17.8 Å². The number of carbonyl (C=O) groups is 1. The molecule has 21 heavy (non-hydrogen) atoms. The predicted octanol–water partition coefficient (Wildman–Crippen LogP) is 3.42. The Morgan fingerprint density at radius 2 is 2.33 bits per heavy atom. The summed E-state index contributed by atoms with van der Waals surface area (Å²) in [6.07, 6.45) is 0.801. The molecule has 0 aliphatic heterocycles. The van der Waals surface area contributed by atoms with E-state index in [1.54, 1.807) is 17.0 Å². The maximum absolute atomic E-state index is 11.2. The van der Waals surface area contributed by atoms with Crippen LogP contribution in [0.4, 0.5) is 5.69 Å². The third kappa shape index (κ3) is 3.24. The van der Waals surface area contributed by atoms with Crippen LogP contribution in [-0.4, -0.2) is 25.8 Å². The number of aromatic carboxylic acids is 1. The number of carboxylic acids is 1. The van der Waals surface area contributed by atoms with E-state index in [4.69, 9.17) is 5.11 Å². The number of rotatable bonds is 6. The number of aromatic nitrogens is 2. The Morgan fingerprint density at radius 1 is 1.62 bits per heavy atom. The van der Waals surface area contributed by atoms with Crippen LogP contribution in [0.2, 0.25) is 0 Å². The van der Waals surface area contributed by atoms with Crippen LogP contribution >= 0.6 is 23.1 Å². The number of nitrogens with zero attached hydrogens (tertiary/aromatic N) is 3. The second kappa shape index (κ2) is 6.27. The van der Waals surface area contributed by atoms with Crippen LogP contribution in [0.1, 0.15) is 28.7 Å². The number of nitro groups is 1. The van der Waals surface area contributed by atoms with Gasteiger partial charge in [0, 0.05) is 16.8 Å². The highest BCUT2D eigenvalue weighted by Crippen LogP contribution is 2.38. The minimum absolute atomic E-state index is 0.0171. The Labute approximate surface area is 128 Å². The summed E-state index contributed by atoms with van der Waals surface area (Å²) in [4.78, 5) is 22.5. The normalized spacial score (nSPS) is 10.8. The summed E-state index contributed by atoms with van der Waals surface area (Å²) in [5.41, 5.74) is 0.348. The van der Waals surface area contributed by atoms with Gasteiger partial charge in [0.05, 0.1) is 4.92 Å². The third-order valence-electron chi connectivity index (χ3n) is 2.67. The van der Waals surface area contributed by atoms with Crippen molar-refractivity contribution in [2.24, 2.45) is 0 Å². The van der Waals surface area contributed by atoms with Gasteiger partial charge in [-0.3, -0.25) is 14.8 Å². The lowest BCUT2D eigenvalue weighted by atomic mass is 10.4. The Kier molecular flexibility index (Phi) is 4.63. The Morgan fingerprint density at radius 3 is 2.86 bits per heavy atom. The largest absolute Gasteiger partial charge is 0.477 e. The van der Waals surface area contributed by atoms with Gasteiger partial charge in [-0.25, -0.2) is 4.79 Å². The Balaban J connectivity index is 2.40. The average Bonchev–Trinajstić information content (AvgIpc) is 2.96. The van der Waals surface area contributed by atoms with Crippen molar-refractivity contribution in [3.05, 3.63) is 32.1 Å². The fourth-order valence-electron chi connectivity index (χ4n) is 1.82. The van der Waals surface area contributed by atoms with Gasteiger partial charge in [0.25, 0.3) is 0 Å². The smallest absolute Gasteiger partial charge is 0.345 e. The monoisotopic (exact) mass is 327 g/mol. The summed E-state index contributed by atoms with van der Waals surface area (Å²) in [6.45, 7) is 4.14. The van der Waals surface area contributed by atoms with E-state index < -0.39 is 10.9 Å².